The third kappa shape index (κ3) is 4.57. The summed E-state index contributed by atoms with van der Waals surface area (Å²) in [5, 5.41) is 2.49. The van der Waals surface area contributed by atoms with Crippen molar-refractivity contribution in [2.75, 3.05) is 11.9 Å². The standard InChI is InChI=1S/C22H24F2N3O8P/c1-11(2)34-36(30)31-10-16-18(35-36)22(23,24)20(33-16)27-7-6-17(26-21(27)29)25-19(28)13-4-5-15-14(9-13)8-12(3)32-15/h4-7,9,11-12,16,18,20H,8,10H2,1-3H3,(H,25,26,28,29)/t12?,16-,18-,20?,36?/m1/s1. The number of alkyl halides is 2. The lowest BCUT2D eigenvalue weighted by atomic mass is 10.1. The first kappa shape index (κ1) is 25.0. The smallest absolute Gasteiger partial charge is 0.475 e. The predicted molar refractivity (Wildman–Crippen MR) is 120 cm³/mol. The Morgan fingerprint density at radius 1 is 1.33 bits per heavy atom. The van der Waals surface area contributed by atoms with Crippen LogP contribution in [-0.2, 0) is 29.3 Å². The molecule has 3 unspecified atom stereocenters. The third-order valence-electron chi connectivity index (χ3n) is 5.81. The summed E-state index contributed by atoms with van der Waals surface area (Å²) < 4.78 is 69.6. The molecule has 0 saturated carbocycles. The van der Waals surface area contributed by atoms with Gasteiger partial charge in [-0.15, -0.1) is 0 Å². The molecule has 4 heterocycles. The van der Waals surface area contributed by atoms with Gasteiger partial charge in [-0.1, -0.05) is 0 Å². The number of nitrogens with zero attached hydrogens (tertiary/aromatic N) is 2. The van der Waals surface area contributed by atoms with Gasteiger partial charge >= 0.3 is 19.4 Å². The number of ether oxygens (including phenoxy) is 2. The summed E-state index contributed by atoms with van der Waals surface area (Å²) in [6.07, 6.45) is -4.23. The van der Waals surface area contributed by atoms with E-state index in [-0.39, 0.29) is 11.9 Å². The van der Waals surface area contributed by atoms with Gasteiger partial charge in [-0.2, -0.15) is 13.8 Å². The summed E-state index contributed by atoms with van der Waals surface area (Å²) >= 11 is 0. The zero-order valence-electron chi connectivity index (χ0n) is 19.6. The first-order valence-electron chi connectivity index (χ1n) is 11.3. The van der Waals surface area contributed by atoms with Crippen LogP contribution in [0.25, 0.3) is 0 Å². The summed E-state index contributed by atoms with van der Waals surface area (Å²) in [4.78, 5) is 29.0. The van der Waals surface area contributed by atoms with Crippen molar-refractivity contribution >= 4 is 19.5 Å². The lowest BCUT2D eigenvalue weighted by molar-refractivity contribution is -0.139. The van der Waals surface area contributed by atoms with Crippen LogP contribution in [0.5, 0.6) is 5.75 Å². The number of phosphoric acid groups is 1. The molecule has 5 atom stereocenters. The molecule has 11 nitrogen and oxygen atoms in total. The number of carbonyl (C=O) groups is 1. The van der Waals surface area contributed by atoms with Crippen LogP contribution < -0.4 is 15.7 Å². The molecule has 0 bridgehead atoms. The average molecular weight is 527 g/mol. The van der Waals surface area contributed by atoms with E-state index in [4.69, 9.17) is 23.0 Å². The van der Waals surface area contributed by atoms with E-state index in [0.717, 1.165) is 11.8 Å². The molecule has 2 fully saturated rings. The Morgan fingerprint density at radius 3 is 2.83 bits per heavy atom. The van der Waals surface area contributed by atoms with Crippen LogP contribution in [0.4, 0.5) is 14.6 Å². The Kier molecular flexibility index (Phi) is 6.24. The van der Waals surface area contributed by atoms with Crippen molar-refractivity contribution in [1.82, 2.24) is 9.55 Å². The van der Waals surface area contributed by atoms with Crippen molar-refractivity contribution in [3.63, 3.8) is 0 Å². The fraction of sp³-hybridized carbons (Fsp3) is 0.500. The Hall–Kier alpha value is -2.70. The molecular weight excluding hydrogens is 503 g/mol. The fourth-order valence-electron chi connectivity index (χ4n) is 4.29. The number of fused-ring (bicyclic) bond motifs is 2. The van der Waals surface area contributed by atoms with Crippen LogP contribution in [0.1, 0.15) is 42.9 Å². The number of benzene rings is 1. The Bertz CT molecular complexity index is 1300. The SMILES string of the molecule is CC(C)OP1(=O)OC[C@H]2OC(n3ccc(NC(=O)c4ccc5c(c4)CC(C)O5)nc3=O)C(F)(F)[C@@H]2O1. The number of rotatable bonds is 5. The van der Waals surface area contributed by atoms with E-state index in [1.54, 1.807) is 32.0 Å². The molecule has 1 amide bonds. The predicted octanol–water partition coefficient (Wildman–Crippen LogP) is 3.30. The third-order valence-corrected chi connectivity index (χ3v) is 7.44. The number of hydrogen-bond acceptors (Lipinski definition) is 9. The number of carbonyl (C=O) groups excluding carboxylic acids is 1. The summed E-state index contributed by atoms with van der Waals surface area (Å²) in [5.41, 5.74) is 0.127. The first-order valence-corrected chi connectivity index (χ1v) is 12.8. The highest BCUT2D eigenvalue weighted by Crippen LogP contribution is 2.60. The van der Waals surface area contributed by atoms with E-state index < -0.39 is 56.5 Å². The van der Waals surface area contributed by atoms with Crippen molar-refractivity contribution in [3.8, 4) is 5.75 Å². The number of halogens is 2. The van der Waals surface area contributed by atoms with E-state index in [2.05, 4.69) is 10.3 Å². The van der Waals surface area contributed by atoms with Gasteiger partial charge < -0.3 is 14.8 Å². The minimum absolute atomic E-state index is 0.0129. The molecule has 1 N–H and O–H groups in total. The van der Waals surface area contributed by atoms with Gasteiger partial charge in [-0.05, 0) is 50.6 Å². The monoisotopic (exact) mass is 527 g/mol. The van der Waals surface area contributed by atoms with E-state index in [1.807, 2.05) is 6.92 Å². The molecule has 194 valence electrons. The zero-order valence-corrected chi connectivity index (χ0v) is 20.4. The van der Waals surface area contributed by atoms with Crippen molar-refractivity contribution in [2.24, 2.45) is 0 Å². The highest BCUT2D eigenvalue weighted by Gasteiger charge is 2.65. The van der Waals surface area contributed by atoms with Crippen molar-refractivity contribution < 1.29 is 41.2 Å². The molecule has 36 heavy (non-hydrogen) atoms. The van der Waals surface area contributed by atoms with Gasteiger partial charge in [-0.3, -0.25) is 22.9 Å². The van der Waals surface area contributed by atoms with Gasteiger partial charge in [0.1, 0.15) is 23.8 Å². The van der Waals surface area contributed by atoms with E-state index in [9.17, 15) is 14.2 Å². The van der Waals surface area contributed by atoms with Crippen molar-refractivity contribution in [1.29, 1.82) is 0 Å². The zero-order chi connectivity index (χ0) is 25.8. The molecule has 0 radical (unpaired) electrons. The highest BCUT2D eigenvalue weighted by atomic mass is 31.2. The van der Waals surface area contributed by atoms with Gasteiger partial charge in [0, 0.05) is 18.2 Å². The van der Waals surface area contributed by atoms with Gasteiger partial charge in [-0.25, -0.2) is 9.36 Å². The van der Waals surface area contributed by atoms with Crippen LogP contribution in [0.3, 0.4) is 0 Å². The van der Waals surface area contributed by atoms with Gasteiger partial charge in [0.05, 0.1) is 12.7 Å². The van der Waals surface area contributed by atoms with E-state index in [1.165, 1.54) is 6.07 Å². The number of hydrogen-bond donors (Lipinski definition) is 1. The second kappa shape index (κ2) is 9.00. The molecule has 3 aliphatic heterocycles. The first-order chi connectivity index (χ1) is 16.9. The maximum atomic E-state index is 15.2. The summed E-state index contributed by atoms with van der Waals surface area (Å²) in [5.74, 6) is -3.70. The van der Waals surface area contributed by atoms with E-state index >= 15 is 8.78 Å². The number of nitrogens with one attached hydrogen (secondary N) is 1. The normalized spacial score (nSPS) is 30.5. The van der Waals surface area contributed by atoms with Gasteiger partial charge in [0.15, 0.2) is 6.10 Å². The topological polar surface area (TPSA) is 127 Å². The van der Waals surface area contributed by atoms with Crippen LogP contribution in [0.15, 0.2) is 35.3 Å². The summed E-state index contributed by atoms with van der Waals surface area (Å²) in [7, 11) is -4.23. The molecule has 1 aromatic heterocycles. The van der Waals surface area contributed by atoms with Crippen LogP contribution in [-0.4, -0.2) is 52.4 Å². The molecular formula is C22H24F2N3O8P. The van der Waals surface area contributed by atoms with Crippen molar-refractivity contribution in [2.45, 2.75) is 63.8 Å². The Morgan fingerprint density at radius 2 is 2.11 bits per heavy atom. The maximum Gasteiger partial charge on any atom is 0.475 e. The molecule has 14 heteroatoms. The second-order valence-corrected chi connectivity index (χ2v) is 10.6. The lowest BCUT2D eigenvalue weighted by Gasteiger charge is -2.32. The highest BCUT2D eigenvalue weighted by molar-refractivity contribution is 7.48. The fourth-order valence-corrected chi connectivity index (χ4v) is 5.86. The quantitative estimate of drug-likeness (QED) is 0.583. The number of amides is 1. The second-order valence-electron chi connectivity index (χ2n) is 9.04. The Balaban J connectivity index is 1.32. The molecule has 0 aliphatic carbocycles. The molecule has 1 aromatic carbocycles. The lowest BCUT2D eigenvalue weighted by Crippen LogP contribution is -2.45. The minimum atomic E-state index is -4.23. The van der Waals surface area contributed by atoms with Crippen LogP contribution in [0, 0.1) is 0 Å². The number of phosphoric ester groups is 1. The summed E-state index contributed by atoms with van der Waals surface area (Å²) in [6.45, 7) is 4.55. The molecule has 5 rings (SSSR count). The maximum absolute atomic E-state index is 15.2. The molecule has 2 aromatic rings. The van der Waals surface area contributed by atoms with E-state index in [0.29, 0.717) is 22.3 Å². The number of anilines is 1. The number of aromatic nitrogens is 2. The van der Waals surface area contributed by atoms with Crippen LogP contribution >= 0.6 is 7.82 Å². The molecule has 0 spiro atoms. The van der Waals surface area contributed by atoms with Gasteiger partial charge in [0.2, 0.25) is 6.23 Å². The largest absolute Gasteiger partial charge is 0.490 e. The van der Waals surface area contributed by atoms with Crippen molar-refractivity contribution in [3.05, 3.63) is 52.1 Å². The molecule has 2 saturated heterocycles. The van der Waals surface area contributed by atoms with Gasteiger partial charge in [0.25, 0.3) is 5.91 Å². The van der Waals surface area contributed by atoms with Crippen LogP contribution in [0.2, 0.25) is 0 Å². The molecule has 3 aliphatic rings. The minimum Gasteiger partial charge on any atom is -0.490 e. The summed E-state index contributed by atoms with van der Waals surface area (Å²) in [6, 6.07) is 6.15. The average Bonchev–Trinajstić information content (AvgIpc) is 3.28. The Labute approximate surface area is 204 Å².